The van der Waals surface area contributed by atoms with Gasteiger partial charge in [0.15, 0.2) is 0 Å². The van der Waals surface area contributed by atoms with Gasteiger partial charge in [0, 0.05) is 25.0 Å². The molecule has 2 aromatic carbocycles. The van der Waals surface area contributed by atoms with E-state index in [1.54, 1.807) is 19.4 Å². The minimum atomic E-state index is -4.42. The van der Waals surface area contributed by atoms with Crippen LogP contribution in [0.4, 0.5) is 35.9 Å². The Bertz CT molecular complexity index is 1520. The number of fused-ring (bicyclic) bond motifs is 2. The van der Waals surface area contributed by atoms with Gasteiger partial charge in [-0.2, -0.15) is 13.2 Å². The number of alkyl halides is 3. The molecule has 6 rings (SSSR count). The highest BCUT2D eigenvalue weighted by Crippen LogP contribution is 2.43. The van der Waals surface area contributed by atoms with Crippen molar-refractivity contribution in [1.82, 2.24) is 4.98 Å². The van der Waals surface area contributed by atoms with E-state index < -0.39 is 11.7 Å². The number of rotatable bonds is 5. The lowest BCUT2D eigenvalue weighted by atomic mass is 10.1. The van der Waals surface area contributed by atoms with Crippen LogP contribution in [0.15, 0.2) is 101 Å². The number of hydrogen-bond acceptors (Lipinski definition) is 7. The molecular weight excluding hydrogens is 531 g/mol. The lowest BCUT2D eigenvalue weighted by Gasteiger charge is -2.32. The maximum atomic E-state index is 13.4. The predicted octanol–water partition coefficient (Wildman–Crippen LogP) is 6.89. The number of aromatic nitrogens is 1. The summed E-state index contributed by atoms with van der Waals surface area (Å²) < 4.78 is 50.8. The van der Waals surface area contributed by atoms with Crippen LogP contribution in [0.5, 0.6) is 5.88 Å². The van der Waals surface area contributed by atoms with Crippen LogP contribution in [-0.2, 0) is 10.9 Å². The summed E-state index contributed by atoms with van der Waals surface area (Å²) in [4.78, 5) is 16.3. The molecule has 1 saturated heterocycles. The fraction of sp³-hybridized carbons (Fsp3) is 0.258. The summed E-state index contributed by atoms with van der Waals surface area (Å²) >= 11 is 0. The smallest absolute Gasteiger partial charge is 0.416 e. The Morgan fingerprint density at radius 1 is 1.02 bits per heavy atom. The van der Waals surface area contributed by atoms with Gasteiger partial charge in [0.1, 0.15) is 0 Å². The second-order valence-corrected chi connectivity index (χ2v) is 9.86. The molecule has 1 aliphatic carbocycles. The molecule has 210 valence electrons. The van der Waals surface area contributed by atoms with Gasteiger partial charge >= 0.3 is 6.18 Å². The number of nitrogens with one attached hydrogen (secondary N) is 1. The Balaban J connectivity index is 1.45. The van der Waals surface area contributed by atoms with Crippen LogP contribution in [0.2, 0.25) is 0 Å². The number of nitrogens with zero attached hydrogens (tertiary/aromatic N) is 4. The second-order valence-electron chi connectivity index (χ2n) is 9.86. The quantitative estimate of drug-likeness (QED) is 0.369. The number of pyridine rings is 1. The SMILES string of the molecule is COc1ccc(NC2C=CC3=Nc4ccccc4N(c4ccc(C(F)(F)F)cc4)C3=CC2=NC2CCOCC2)cn1. The van der Waals surface area contributed by atoms with Crippen LogP contribution in [-0.4, -0.2) is 48.8 Å². The summed E-state index contributed by atoms with van der Waals surface area (Å²) in [6.07, 6.45) is 4.80. The van der Waals surface area contributed by atoms with Crippen molar-refractivity contribution in [1.29, 1.82) is 0 Å². The molecule has 1 fully saturated rings. The number of aliphatic imine (C=N–C) groups is 2. The molecule has 2 aliphatic heterocycles. The Morgan fingerprint density at radius 2 is 1.80 bits per heavy atom. The van der Waals surface area contributed by atoms with Crippen molar-refractivity contribution in [2.24, 2.45) is 9.98 Å². The van der Waals surface area contributed by atoms with Gasteiger partial charge in [-0.3, -0.25) is 4.99 Å². The van der Waals surface area contributed by atoms with Crippen molar-refractivity contribution in [3.05, 3.63) is 96.3 Å². The van der Waals surface area contributed by atoms with E-state index in [-0.39, 0.29) is 12.1 Å². The molecule has 7 nitrogen and oxygen atoms in total. The molecule has 0 radical (unpaired) electrons. The number of allylic oxidation sites excluding steroid dienone is 1. The fourth-order valence-corrected chi connectivity index (χ4v) is 5.06. The molecule has 1 aromatic heterocycles. The maximum Gasteiger partial charge on any atom is 0.416 e. The normalized spacial score (nSPS) is 20.0. The largest absolute Gasteiger partial charge is 0.481 e. The van der Waals surface area contributed by atoms with Gasteiger partial charge in [0.2, 0.25) is 5.88 Å². The van der Waals surface area contributed by atoms with Crippen LogP contribution in [0.25, 0.3) is 0 Å². The molecule has 1 unspecified atom stereocenters. The summed E-state index contributed by atoms with van der Waals surface area (Å²) in [6.45, 7) is 1.29. The minimum Gasteiger partial charge on any atom is -0.481 e. The highest BCUT2D eigenvalue weighted by Gasteiger charge is 2.32. The molecule has 0 spiro atoms. The van der Waals surface area contributed by atoms with Gasteiger partial charge in [-0.15, -0.1) is 0 Å². The molecule has 1 atom stereocenters. The third-order valence-electron chi connectivity index (χ3n) is 7.16. The Kier molecular flexibility index (Phi) is 7.32. The van der Waals surface area contributed by atoms with Crippen LogP contribution in [0, 0.1) is 0 Å². The van der Waals surface area contributed by atoms with E-state index >= 15 is 0 Å². The molecule has 41 heavy (non-hydrogen) atoms. The Morgan fingerprint density at radius 3 is 2.51 bits per heavy atom. The first kappa shape index (κ1) is 26.8. The first-order chi connectivity index (χ1) is 19.9. The number of para-hydroxylation sites is 2. The van der Waals surface area contributed by atoms with Crippen LogP contribution in [0.3, 0.4) is 0 Å². The van der Waals surface area contributed by atoms with E-state index in [9.17, 15) is 13.2 Å². The van der Waals surface area contributed by atoms with E-state index in [0.29, 0.717) is 30.5 Å². The highest BCUT2D eigenvalue weighted by atomic mass is 19.4. The lowest BCUT2D eigenvalue weighted by molar-refractivity contribution is -0.137. The molecule has 0 saturated carbocycles. The number of hydrogen-bond donors (Lipinski definition) is 1. The first-order valence-corrected chi connectivity index (χ1v) is 13.4. The standard InChI is InChI=1S/C31H28F3N5O2/c1-40-30-13-8-22(19-35-30)37-24-11-12-26-29(18-27(24)36-21-14-16-41-17-15-21)39(28-5-3-2-4-25(28)38-26)23-9-6-20(7-10-23)31(32,33)34/h2-13,18-19,21,24,37H,14-17H2,1H3. The number of anilines is 3. The minimum absolute atomic E-state index is 0.0798. The van der Waals surface area contributed by atoms with E-state index in [2.05, 4.69) is 10.3 Å². The van der Waals surface area contributed by atoms with Crippen LogP contribution < -0.4 is 15.0 Å². The molecule has 3 aliphatic rings. The Hall–Kier alpha value is -4.44. The zero-order valence-electron chi connectivity index (χ0n) is 22.3. The number of benzene rings is 2. The van der Waals surface area contributed by atoms with Gasteiger partial charge in [-0.25, -0.2) is 9.98 Å². The molecule has 0 bridgehead atoms. The van der Waals surface area contributed by atoms with Crippen molar-refractivity contribution in [3.63, 3.8) is 0 Å². The van der Waals surface area contributed by atoms with E-state index in [4.69, 9.17) is 19.5 Å². The summed E-state index contributed by atoms with van der Waals surface area (Å²) in [5, 5.41) is 3.51. The third kappa shape index (κ3) is 5.74. The van der Waals surface area contributed by atoms with E-state index in [1.165, 1.54) is 12.1 Å². The van der Waals surface area contributed by atoms with Crippen LogP contribution in [0.1, 0.15) is 18.4 Å². The molecule has 1 N–H and O–H groups in total. The number of halogens is 3. The Labute approximate surface area is 235 Å². The van der Waals surface area contributed by atoms with Gasteiger partial charge in [0.05, 0.1) is 65.1 Å². The molecule has 3 aromatic rings. The van der Waals surface area contributed by atoms with Crippen molar-refractivity contribution >= 4 is 34.2 Å². The first-order valence-electron chi connectivity index (χ1n) is 13.4. The van der Waals surface area contributed by atoms with Gasteiger partial charge < -0.3 is 19.7 Å². The summed E-state index contributed by atoms with van der Waals surface area (Å²) in [5.74, 6) is 0.510. The zero-order valence-corrected chi connectivity index (χ0v) is 22.3. The van der Waals surface area contributed by atoms with Crippen molar-refractivity contribution in [2.45, 2.75) is 31.1 Å². The molecule has 0 amide bonds. The van der Waals surface area contributed by atoms with Gasteiger partial charge in [0.25, 0.3) is 0 Å². The topological polar surface area (TPSA) is 71.3 Å². The van der Waals surface area contributed by atoms with Crippen molar-refractivity contribution in [3.8, 4) is 5.88 Å². The summed E-state index contributed by atoms with van der Waals surface area (Å²) in [7, 11) is 1.57. The zero-order chi connectivity index (χ0) is 28.4. The summed E-state index contributed by atoms with van der Waals surface area (Å²) in [6, 6.07) is 16.2. The highest BCUT2D eigenvalue weighted by molar-refractivity contribution is 6.21. The van der Waals surface area contributed by atoms with Crippen LogP contribution >= 0.6 is 0 Å². The molecular formula is C31H28F3N5O2. The lowest BCUT2D eigenvalue weighted by Crippen LogP contribution is -2.30. The van der Waals surface area contributed by atoms with E-state index in [1.807, 2.05) is 53.5 Å². The average Bonchev–Trinajstić information content (AvgIpc) is 3.15. The third-order valence-corrected chi connectivity index (χ3v) is 7.16. The van der Waals surface area contributed by atoms with Gasteiger partial charge in [-0.1, -0.05) is 18.2 Å². The predicted molar refractivity (Wildman–Crippen MR) is 154 cm³/mol. The van der Waals surface area contributed by atoms with E-state index in [0.717, 1.165) is 53.4 Å². The molecule has 3 heterocycles. The van der Waals surface area contributed by atoms with Crippen molar-refractivity contribution < 1.29 is 22.6 Å². The molecule has 10 heteroatoms. The summed E-state index contributed by atoms with van der Waals surface area (Å²) in [5.41, 5.74) is 4.35. The number of methoxy groups -OCH3 is 1. The average molecular weight is 560 g/mol. The monoisotopic (exact) mass is 559 g/mol. The second kappa shape index (κ2) is 11.2. The van der Waals surface area contributed by atoms with Gasteiger partial charge in [-0.05, 0) is 67.5 Å². The number of ether oxygens (including phenoxy) is 2. The fourth-order valence-electron chi connectivity index (χ4n) is 5.06. The van der Waals surface area contributed by atoms with Crippen molar-refractivity contribution in [2.75, 3.05) is 30.5 Å². The maximum absolute atomic E-state index is 13.4.